The van der Waals surface area contributed by atoms with Gasteiger partial charge in [0.05, 0.1) is 35.4 Å². The maximum absolute atomic E-state index is 14.9. The molecule has 14 heteroatoms. The molecule has 2 amide bonds. The number of aryl methyl sites for hydroxylation is 1. The van der Waals surface area contributed by atoms with Crippen LogP contribution in [0.1, 0.15) is 82.3 Å². The highest BCUT2D eigenvalue weighted by atomic mass is 32.2. The van der Waals surface area contributed by atoms with Crippen LogP contribution in [0, 0.1) is 30.0 Å². The van der Waals surface area contributed by atoms with Crippen molar-refractivity contribution in [3.8, 4) is 22.2 Å². The van der Waals surface area contributed by atoms with Crippen molar-refractivity contribution in [1.29, 1.82) is 0 Å². The van der Waals surface area contributed by atoms with E-state index in [-0.39, 0.29) is 42.8 Å². The Hall–Kier alpha value is -4.69. The summed E-state index contributed by atoms with van der Waals surface area (Å²) in [4.78, 5) is 54.7. The molecule has 4 aromatic rings. The fraction of sp³-hybridized carbons (Fsp3) is 0.477. The molecule has 0 spiro atoms. The van der Waals surface area contributed by atoms with Crippen LogP contribution in [0.4, 0.5) is 4.39 Å². The Morgan fingerprint density at radius 3 is 2.67 bits per heavy atom. The number of methoxy groups -OCH3 is 1. The predicted octanol–water partition coefficient (Wildman–Crippen LogP) is 7.51. The largest absolute Gasteiger partial charge is 0.496 e. The molecule has 2 aromatic heterocycles. The molecule has 58 heavy (non-hydrogen) atoms. The highest BCUT2D eigenvalue weighted by Crippen LogP contribution is 2.57. The van der Waals surface area contributed by atoms with Gasteiger partial charge in [-0.1, -0.05) is 37.1 Å². The molecule has 0 radical (unpaired) electrons. The Morgan fingerprint density at radius 1 is 1.10 bits per heavy atom. The van der Waals surface area contributed by atoms with Crippen molar-refractivity contribution in [2.75, 3.05) is 13.7 Å². The number of fused-ring (bicyclic) bond motifs is 3. The molecule has 4 aliphatic rings. The van der Waals surface area contributed by atoms with Crippen LogP contribution in [0.3, 0.4) is 0 Å². The fourth-order valence-corrected chi connectivity index (χ4v) is 10.6. The van der Waals surface area contributed by atoms with E-state index in [1.807, 2.05) is 48.7 Å². The van der Waals surface area contributed by atoms with Crippen molar-refractivity contribution in [3.05, 3.63) is 83.1 Å². The number of carbonyl (C=O) groups excluding carboxylic acids is 3. The molecule has 8 rings (SSSR count). The van der Waals surface area contributed by atoms with Crippen molar-refractivity contribution in [2.45, 2.75) is 101 Å². The van der Waals surface area contributed by atoms with Crippen LogP contribution >= 0.6 is 11.3 Å². The number of halogens is 1. The second-order valence-corrected chi connectivity index (χ2v) is 19.8. The average Bonchev–Trinajstić information content (AvgIpc) is 3.94. The van der Waals surface area contributed by atoms with Gasteiger partial charge >= 0.3 is 0 Å². The van der Waals surface area contributed by atoms with Gasteiger partial charge in [0.2, 0.25) is 21.8 Å². The highest BCUT2D eigenvalue weighted by Gasteiger charge is 2.62. The number of benzene rings is 2. The van der Waals surface area contributed by atoms with E-state index < -0.39 is 44.2 Å². The Bertz CT molecular complexity index is 2380. The second kappa shape index (κ2) is 15.8. The Balaban J connectivity index is 1.15. The first-order chi connectivity index (χ1) is 27.8. The first-order valence-electron chi connectivity index (χ1n) is 20.2. The number of allylic oxidation sites excluding steroid dienone is 2. The molecule has 3 fully saturated rings. The summed E-state index contributed by atoms with van der Waals surface area (Å²) in [5, 5.41) is 3.31. The fourth-order valence-electron chi connectivity index (χ4n) is 8.71. The first-order valence-corrected chi connectivity index (χ1v) is 22.5. The maximum atomic E-state index is 14.9. The maximum Gasteiger partial charge on any atom is 0.240 e. The van der Waals surface area contributed by atoms with Crippen LogP contribution < -0.4 is 14.2 Å². The highest BCUT2D eigenvalue weighted by molar-refractivity contribution is 7.91. The minimum atomic E-state index is -3.95. The number of ether oxygens (including phenoxy) is 2. The van der Waals surface area contributed by atoms with Gasteiger partial charge < -0.3 is 14.4 Å². The number of hydrogen-bond donors (Lipinski definition) is 1. The van der Waals surface area contributed by atoms with E-state index in [9.17, 15) is 27.2 Å². The van der Waals surface area contributed by atoms with Crippen LogP contribution in [0.5, 0.6) is 11.5 Å². The Morgan fingerprint density at radius 2 is 1.93 bits per heavy atom. The lowest BCUT2D eigenvalue weighted by Crippen LogP contribution is -2.47. The summed E-state index contributed by atoms with van der Waals surface area (Å²) in [6.07, 6.45) is 10.4. The van der Waals surface area contributed by atoms with Crippen molar-refractivity contribution in [2.24, 2.45) is 17.3 Å². The number of Topliss-reactive ketones (excluding diaryl/α,β-unsaturated/α-hetero) is 1. The SMILES string of the molecule is COc1ccc2c(O[C@@H]3C[C@H]4C(=O)C[C@]5(C(=O)NS(=O)(=O)C6(C)CC6)C[C@H]5/C=C\CCCCC[C@H](Cc5cccc(F)c5)C(=O)N4C3)cc(-c3nccs3)nc2c1C. The monoisotopic (exact) mass is 828 g/mol. The van der Waals surface area contributed by atoms with Gasteiger partial charge in [-0.05, 0) is 94.5 Å². The van der Waals surface area contributed by atoms with Crippen LogP contribution in [0.25, 0.3) is 21.6 Å². The van der Waals surface area contributed by atoms with Crippen LogP contribution in [0.15, 0.2) is 66.2 Å². The topological polar surface area (TPSA) is 145 Å². The van der Waals surface area contributed by atoms with Gasteiger partial charge in [0.15, 0.2) is 5.78 Å². The van der Waals surface area contributed by atoms with E-state index in [1.54, 1.807) is 31.2 Å². The molecule has 2 aliphatic heterocycles. The summed E-state index contributed by atoms with van der Waals surface area (Å²) < 4.78 is 54.7. The lowest BCUT2D eigenvalue weighted by Gasteiger charge is -2.29. The molecule has 2 aliphatic carbocycles. The van der Waals surface area contributed by atoms with E-state index in [4.69, 9.17) is 14.5 Å². The van der Waals surface area contributed by atoms with E-state index >= 15 is 0 Å². The zero-order valence-corrected chi connectivity index (χ0v) is 34.7. The first kappa shape index (κ1) is 40.1. The zero-order valence-electron chi connectivity index (χ0n) is 33.0. The van der Waals surface area contributed by atoms with Gasteiger partial charge in [0.1, 0.15) is 34.1 Å². The molecule has 2 saturated carbocycles. The van der Waals surface area contributed by atoms with Crippen molar-refractivity contribution in [3.63, 3.8) is 0 Å². The molecule has 1 N–H and O–H groups in total. The van der Waals surface area contributed by atoms with E-state index in [2.05, 4.69) is 9.71 Å². The molecule has 11 nitrogen and oxygen atoms in total. The molecule has 306 valence electrons. The van der Waals surface area contributed by atoms with Crippen molar-refractivity contribution in [1.82, 2.24) is 19.6 Å². The number of pyridine rings is 1. The third-order valence-electron chi connectivity index (χ3n) is 12.6. The number of carbonyl (C=O) groups is 3. The number of ketones is 1. The van der Waals surface area contributed by atoms with Crippen LogP contribution in [0.2, 0.25) is 0 Å². The summed E-state index contributed by atoms with van der Waals surface area (Å²) in [6, 6.07) is 10.9. The summed E-state index contributed by atoms with van der Waals surface area (Å²) in [6.45, 7) is 3.66. The molecule has 5 atom stereocenters. The minimum absolute atomic E-state index is 0.107. The zero-order chi connectivity index (χ0) is 40.8. The van der Waals surface area contributed by atoms with Gasteiger partial charge in [0, 0.05) is 47.4 Å². The molecule has 1 saturated heterocycles. The van der Waals surface area contributed by atoms with Gasteiger partial charge in [-0.2, -0.15) is 0 Å². The number of nitrogens with one attached hydrogen (secondary N) is 1. The Kier molecular flexibility index (Phi) is 10.9. The van der Waals surface area contributed by atoms with Gasteiger partial charge in [-0.15, -0.1) is 11.3 Å². The average molecular weight is 829 g/mol. The number of sulfonamides is 1. The second-order valence-electron chi connectivity index (χ2n) is 16.7. The van der Waals surface area contributed by atoms with E-state index in [0.717, 1.165) is 36.6 Å². The quantitative estimate of drug-likeness (QED) is 0.170. The summed E-state index contributed by atoms with van der Waals surface area (Å²) >= 11 is 1.44. The van der Waals surface area contributed by atoms with E-state index in [1.165, 1.54) is 23.5 Å². The standard InChI is InChI=1S/C44H49FN4O7S2/c1-27-37(55-3)15-14-33-38(23-34(47-39(27)33)40-46-18-19-57-40)56-32-22-35-36(50)25-44(42(52)48-58(53,54)43(2)16-17-43)24-30(44)12-8-6-4-5-7-11-29(41(51)49(35)26-32)20-28-10-9-13-31(45)21-28/h8-10,12-15,18-19,21,23,29-30,32,35H,4-7,11,16-17,20,22,24-26H2,1-3H3,(H,48,52)/b12-8-/t29-,30-,32-,35+,44-/m1/s1. The third-order valence-corrected chi connectivity index (χ3v) is 15.6. The number of nitrogens with zero attached hydrogens (tertiary/aromatic N) is 3. The van der Waals surface area contributed by atoms with E-state index in [0.29, 0.717) is 65.4 Å². The predicted molar refractivity (Wildman–Crippen MR) is 219 cm³/mol. The minimum Gasteiger partial charge on any atom is -0.496 e. The third kappa shape index (κ3) is 7.89. The molecule has 0 unspecified atom stereocenters. The number of amides is 2. The van der Waals surface area contributed by atoms with Gasteiger partial charge in [-0.25, -0.2) is 22.8 Å². The summed E-state index contributed by atoms with van der Waals surface area (Å²) in [7, 11) is -2.35. The van der Waals surface area contributed by atoms with Crippen LogP contribution in [-0.2, 0) is 30.8 Å². The van der Waals surface area contributed by atoms with Crippen molar-refractivity contribution >= 4 is 49.9 Å². The number of rotatable bonds is 9. The summed E-state index contributed by atoms with van der Waals surface area (Å²) in [5.74, 6) is -1.23. The molecular weight excluding hydrogens is 780 g/mol. The molecular formula is C44H49FN4O7S2. The van der Waals surface area contributed by atoms with Crippen molar-refractivity contribution < 1.29 is 36.7 Å². The normalized spacial score (nSPS) is 26.5. The number of aromatic nitrogens is 2. The smallest absolute Gasteiger partial charge is 0.240 e. The molecule has 4 heterocycles. The summed E-state index contributed by atoms with van der Waals surface area (Å²) in [5.41, 5.74) is 1.55. The lowest BCUT2D eigenvalue weighted by molar-refractivity contribution is -0.142. The lowest BCUT2D eigenvalue weighted by atomic mass is 9.90. The van der Waals surface area contributed by atoms with Gasteiger partial charge in [-0.3, -0.25) is 19.1 Å². The Labute approximate surface area is 342 Å². The van der Waals surface area contributed by atoms with Gasteiger partial charge in [0.25, 0.3) is 0 Å². The molecule has 0 bridgehead atoms. The number of hydrogen-bond acceptors (Lipinski definition) is 10. The molecule has 2 aromatic carbocycles. The number of thiazole rings is 1. The van der Waals surface area contributed by atoms with Crippen LogP contribution in [-0.4, -0.2) is 71.4 Å².